The van der Waals surface area contributed by atoms with E-state index in [1.54, 1.807) is 7.11 Å². The zero-order chi connectivity index (χ0) is 20.6. The lowest BCUT2D eigenvalue weighted by Gasteiger charge is -2.06. The van der Waals surface area contributed by atoms with E-state index in [1.807, 2.05) is 12.1 Å². The molecule has 0 heterocycles. The highest BCUT2D eigenvalue weighted by molar-refractivity contribution is 5.70. The van der Waals surface area contributed by atoms with Gasteiger partial charge >= 0.3 is 0 Å². The second-order valence-electron chi connectivity index (χ2n) is 7.71. The third kappa shape index (κ3) is 10.2. The first-order valence-electron chi connectivity index (χ1n) is 11.4. The number of methoxy groups -OCH3 is 1. The lowest BCUT2D eigenvalue weighted by molar-refractivity contribution is 0.304. The van der Waals surface area contributed by atoms with Crippen molar-refractivity contribution in [3.63, 3.8) is 0 Å². The summed E-state index contributed by atoms with van der Waals surface area (Å²) in [5.41, 5.74) is 2.33. The monoisotopic (exact) mass is 394 g/mol. The van der Waals surface area contributed by atoms with Crippen molar-refractivity contribution in [2.24, 2.45) is 0 Å². The molecule has 0 spiro atoms. The van der Waals surface area contributed by atoms with E-state index >= 15 is 0 Å². The number of benzene rings is 2. The second kappa shape index (κ2) is 14.7. The Morgan fingerprint density at radius 1 is 0.586 bits per heavy atom. The van der Waals surface area contributed by atoms with Crippen molar-refractivity contribution >= 4 is 12.2 Å². The van der Waals surface area contributed by atoms with Gasteiger partial charge in [-0.1, -0.05) is 101 Å². The van der Waals surface area contributed by atoms with Crippen LogP contribution in [0.1, 0.15) is 82.3 Å². The van der Waals surface area contributed by atoms with Gasteiger partial charge in [0.25, 0.3) is 0 Å². The average Bonchev–Trinajstić information content (AvgIpc) is 2.77. The second-order valence-corrected chi connectivity index (χ2v) is 7.71. The summed E-state index contributed by atoms with van der Waals surface area (Å²) >= 11 is 0. The molecule has 0 atom stereocenters. The van der Waals surface area contributed by atoms with Gasteiger partial charge in [-0.05, 0) is 41.8 Å². The molecule has 29 heavy (non-hydrogen) atoms. The van der Waals surface area contributed by atoms with Gasteiger partial charge < -0.3 is 9.47 Å². The summed E-state index contributed by atoms with van der Waals surface area (Å²) in [6.45, 7) is 3.09. The molecule has 0 fully saturated rings. The molecule has 0 bridgehead atoms. The van der Waals surface area contributed by atoms with Gasteiger partial charge in [0.15, 0.2) is 0 Å². The van der Waals surface area contributed by atoms with Crippen LogP contribution in [-0.4, -0.2) is 13.7 Å². The van der Waals surface area contributed by atoms with Crippen LogP contribution in [0.2, 0.25) is 0 Å². The molecule has 2 rings (SSSR count). The van der Waals surface area contributed by atoms with Gasteiger partial charge in [-0.3, -0.25) is 0 Å². The first-order chi connectivity index (χ1) is 14.3. The van der Waals surface area contributed by atoms with Gasteiger partial charge in [0, 0.05) is 0 Å². The molecule has 2 aromatic carbocycles. The largest absolute Gasteiger partial charge is 0.497 e. The Hall–Kier alpha value is -2.22. The lowest BCUT2D eigenvalue weighted by atomic mass is 10.1. The Kier molecular flexibility index (Phi) is 11.7. The molecule has 2 aromatic rings. The third-order valence-electron chi connectivity index (χ3n) is 5.23. The van der Waals surface area contributed by atoms with Crippen molar-refractivity contribution in [3.8, 4) is 11.5 Å². The minimum absolute atomic E-state index is 0.817. The van der Waals surface area contributed by atoms with Crippen molar-refractivity contribution in [1.29, 1.82) is 0 Å². The van der Waals surface area contributed by atoms with Crippen molar-refractivity contribution in [2.45, 2.75) is 71.1 Å². The van der Waals surface area contributed by atoms with Gasteiger partial charge in [-0.2, -0.15) is 0 Å². The normalized spacial score (nSPS) is 11.1. The van der Waals surface area contributed by atoms with E-state index in [9.17, 15) is 0 Å². The van der Waals surface area contributed by atoms with Crippen LogP contribution in [-0.2, 0) is 0 Å². The van der Waals surface area contributed by atoms with Crippen LogP contribution in [0.15, 0.2) is 48.5 Å². The number of rotatable bonds is 15. The van der Waals surface area contributed by atoms with E-state index in [1.165, 1.54) is 63.4 Å². The maximum Gasteiger partial charge on any atom is 0.119 e. The van der Waals surface area contributed by atoms with Gasteiger partial charge in [-0.25, -0.2) is 0 Å². The summed E-state index contributed by atoms with van der Waals surface area (Å²) in [5.74, 6) is 1.84. The summed E-state index contributed by atoms with van der Waals surface area (Å²) in [4.78, 5) is 0. The van der Waals surface area contributed by atoms with Crippen molar-refractivity contribution in [2.75, 3.05) is 13.7 Å². The van der Waals surface area contributed by atoms with Crippen LogP contribution in [0.3, 0.4) is 0 Å². The Labute approximate surface area is 178 Å². The molecule has 0 aromatic heterocycles. The van der Waals surface area contributed by atoms with Crippen LogP contribution in [0.4, 0.5) is 0 Å². The highest BCUT2D eigenvalue weighted by atomic mass is 16.5. The van der Waals surface area contributed by atoms with Gasteiger partial charge in [0.05, 0.1) is 13.7 Å². The minimum Gasteiger partial charge on any atom is -0.497 e. The Morgan fingerprint density at radius 3 is 1.52 bits per heavy atom. The molecular formula is C27H38O2. The molecule has 0 aliphatic carbocycles. The Bertz CT molecular complexity index is 671. The molecule has 0 unspecified atom stereocenters. The van der Waals surface area contributed by atoms with Gasteiger partial charge in [0.1, 0.15) is 11.5 Å². The fourth-order valence-corrected chi connectivity index (χ4v) is 3.36. The highest BCUT2D eigenvalue weighted by Gasteiger charge is 1.96. The fraction of sp³-hybridized carbons (Fsp3) is 0.481. The van der Waals surface area contributed by atoms with Crippen LogP contribution in [0, 0.1) is 0 Å². The van der Waals surface area contributed by atoms with Crippen LogP contribution < -0.4 is 9.47 Å². The SMILES string of the molecule is CCCCCCCCCCCCOc1ccc(/C=C/c2ccc(OC)cc2)cc1. The minimum atomic E-state index is 0.817. The van der Waals surface area contributed by atoms with Gasteiger partial charge in [0.2, 0.25) is 0 Å². The standard InChI is InChI=1S/C27H38O2/c1-3-4-5-6-7-8-9-10-11-12-23-29-27-21-17-25(18-22-27)14-13-24-15-19-26(28-2)20-16-24/h13-22H,3-12,23H2,1-2H3/b14-13+. The summed E-state index contributed by atoms with van der Waals surface area (Å²) in [6.07, 6.45) is 17.8. The van der Waals surface area contributed by atoms with E-state index in [-0.39, 0.29) is 0 Å². The smallest absolute Gasteiger partial charge is 0.119 e. The predicted octanol–water partition coefficient (Wildman–Crippen LogP) is 8.17. The average molecular weight is 395 g/mol. The van der Waals surface area contributed by atoms with E-state index in [2.05, 4.69) is 55.5 Å². The zero-order valence-corrected chi connectivity index (χ0v) is 18.4. The Balaban J connectivity index is 1.56. The molecule has 0 aliphatic rings. The number of unbranched alkanes of at least 4 members (excludes halogenated alkanes) is 9. The molecule has 2 heteroatoms. The predicted molar refractivity (Wildman–Crippen MR) is 126 cm³/mol. The summed E-state index contributed by atoms with van der Waals surface area (Å²) in [5, 5.41) is 0. The first kappa shape index (κ1) is 23.1. The topological polar surface area (TPSA) is 18.5 Å². The summed E-state index contributed by atoms with van der Waals surface area (Å²) in [7, 11) is 1.69. The molecule has 0 aliphatic heterocycles. The van der Waals surface area contributed by atoms with Crippen LogP contribution in [0.5, 0.6) is 11.5 Å². The first-order valence-corrected chi connectivity index (χ1v) is 11.4. The maximum atomic E-state index is 5.88. The molecule has 0 N–H and O–H groups in total. The number of hydrogen-bond acceptors (Lipinski definition) is 2. The summed E-state index contributed by atoms with van der Waals surface area (Å²) in [6, 6.07) is 16.4. The van der Waals surface area contributed by atoms with Crippen molar-refractivity contribution in [1.82, 2.24) is 0 Å². The molecule has 0 amide bonds. The van der Waals surface area contributed by atoms with E-state index in [0.717, 1.165) is 30.1 Å². The molecule has 0 saturated heterocycles. The quantitative estimate of drug-likeness (QED) is 0.224. The Morgan fingerprint density at radius 2 is 1.03 bits per heavy atom. The summed E-state index contributed by atoms with van der Waals surface area (Å²) < 4.78 is 11.1. The van der Waals surface area contributed by atoms with Gasteiger partial charge in [-0.15, -0.1) is 0 Å². The molecule has 158 valence electrons. The molecular weight excluding hydrogens is 356 g/mol. The maximum absolute atomic E-state index is 5.88. The molecule has 2 nitrogen and oxygen atoms in total. The number of hydrogen-bond donors (Lipinski definition) is 0. The van der Waals surface area contributed by atoms with Crippen LogP contribution >= 0.6 is 0 Å². The van der Waals surface area contributed by atoms with Crippen molar-refractivity contribution < 1.29 is 9.47 Å². The van der Waals surface area contributed by atoms with E-state index in [0.29, 0.717) is 0 Å². The molecule has 0 saturated carbocycles. The highest BCUT2D eigenvalue weighted by Crippen LogP contribution is 2.17. The van der Waals surface area contributed by atoms with E-state index in [4.69, 9.17) is 9.47 Å². The van der Waals surface area contributed by atoms with E-state index < -0.39 is 0 Å². The van der Waals surface area contributed by atoms with Crippen molar-refractivity contribution in [3.05, 3.63) is 59.7 Å². The molecule has 0 radical (unpaired) electrons. The fourth-order valence-electron chi connectivity index (χ4n) is 3.36. The number of ether oxygens (including phenoxy) is 2. The lowest BCUT2D eigenvalue weighted by Crippen LogP contribution is -1.97. The third-order valence-corrected chi connectivity index (χ3v) is 5.23. The zero-order valence-electron chi connectivity index (χ0n) is 18.4. The van der Waals surface area contributed by atoms with Crippen LogP contribution in [0.25, 0.3) is 12.2 Å².